The predicted molar refractivity (Wildman–Crippen MR) is 84.1 cm³/mol. The average Bonchev–Trinajstić information content (AvgIpc) is 3.11. The molecule has 1 aromatic carbocycles. The highest BCUT2D eigenvalue weighted by Crippen LogP contribution is 2.22. The molecule has 112 valence electrons. The lowest BCUT2D eigenvalue weighted by atomic mass is 10.1. The Morgan fingerprint density at radius 3 is 2.57 bits per heavy atom. The maximum absolute atomic E-state index is 9.30. The zero-order valence-electron chi connectivity index (χ0n) is 11.8. The number of H-pyrrole nitrogens is 2. The van der Waals surface area contributed by atoms with Crippen molar-refractivity contribution in [1.82, 2.24) is 15.0 Å². The molecule has 0 unspecified atom stereocenters. The lowest BCUT2D eigenvalue weighted by Crippen LogP contribution is -2.02. The third-order valence-electron chi connectivity index (χ3n) is 3.13. The van der Waals surface area contributed by atoms with Crippen LogP contribution in [0.4, 0.5) is 0 Å². The summed E-state index contributed by atoms with van der Waals surface area (Å²) in [7, 11) is 0. The van der Waals surface area contributed by atoms with Gasteiger partial charge in [0.05, 0.1) is 6.33 Å². The van der Waals surface area contributed by atoms with Crippen molar-refractivity contribution in [2.24, 2.45) is 11.5 Å². The van der Waals surface area contributed by atoms with E-state index < -0.39 is 0 Å². The third-order valence-corrected chi connectivity index (χ3v) is 3.13. The molecule has 0 spiro atoms. The highest BCUT2D eigenvalue weighted by Gasteiger charge is 2.02. The standard InChI is InChI=1S/C10H12N2O.C5H9N3/c11-4-3-7-6-12-10-2-1-8(13)5-9(7)10;6-2-1-5-3-7-4-8-5/h1-2,5-6,12-13H,3-4,11H2;3-4H,1-2,6H2,(H,7,8). The van der Waals surface area contributed by atoms with E-state index in [1.807, 2.05) is 12.3 Å². The van der Waals surface area contributed by atoms with E-state index in [1.54, 1.807) is 24.7 Å². The van der Waals surface area contributed by atoms with Gasteiger partial charge < -0.3 is 26.5 Å². The first kappa shape index (κ1) is 15.1. The van der Waals surface area contributed by atoms with Gasteiger partial charge in [0, 0.05) is 35.4 Å². The van der Waals surface area contributed by atoms with Gasteiger partial charge in [0.1, 0.15) is 5.75 Å². The number of rotatable bonds is 4. The van der Waals surface area contributed by atoms with Crippen molar-refractivity contribution >= 4 is 10.9 Å². The fourth-order valence-corrected chi connectivity index (χ4v) is 2.11. The minimum atomic E-state index is 0.297. The van der Waals surface area contributed by atoms with E-state index >= 15 is 0 Å². The molecule has 21 heavy (non-hydrogen) atoms. The Morgan fingerprint density at radius 2 is 1.90 bits per heavy atom. The molecule has 2 heterocycles. The number of phenols is 1. The van der Waals surface area contributed by atoms with Crippen LogP contribution in [0, 0.1) is 0 Å². The first-order valence-electron chi connectivity index (χ1n) is 6.91. The molecule has 7 N–H and O–H groups in total. The summed E-state index contributed by atoms with van der Waals surface area (Å²) in [6.45, 7) is 1.31. The Kier molecular flexibility index (Phi) is 5.36. The molecule has 0 aliphatic carbocycles. The topological polar surface area (TPSA) is 117 Å². The zero-order chi connectivity index (χ0) is 15.1. The molecule has 0 radical (unpaired) electrons. The first-order valence-corrected chi connectivity index (χ1v) is 6.91. The number of hydrogen-bond acceptors (Lipinski definition) is 4. The van der Waals surface area contributed by atoms with Gasteiger partial charge in [0.25, 0.3) is 0 Å². The minimum absolute atomic E-state index is 0.297. The number of fused-ring (bicyclic) bond motifs is 1. The number of benzene rings is 1. The van der Waals surface area contributed by atoms with Crippen LogP contribution in [0.5, 0.6) is 5.75 Å². The molecule has 6 nitrogen and oxygen atoms in total. The molecular weight excluding hydrogens is 266 g/mol. The molecule has 0 atom stereocenters. The second-order valence-corrected chi connectivity index (χ2v) is 4.70. The average molecular weight is 287 g/mol. The van der Waals surface area contributed by atoms with Crippen molar-refractivity contribution in [1.29, 1.82) is 0 Å². The van der Waals surface area contributed by atoms with Crippen LogP contribution in [0.1, 0.15) is 11.3 Å². The van der Waals surface area contributed by atoms with Crippen LogP contribution in [0.15, 0.2) is 36.9 Å². The molecule has 3 rings (SSSR count). The largest absolute Gasteiger partial charge is 0.508 e. The number of imidazole rings is 1. The number of nitrogens with one attached hydrogen (secondary N) is 2. The van der Waals surface area contributed by atoms with Gasteiger partial charge in [-0.1, -0.05) is 0 Å². The number of nitrogens with two attached hydrogens (primary N) is 2. The van der Waals surface area contributed by atoms with Crippen LogP contribution in [0.3, 0.4) is 0 Å². The van der Waals surface area contributed by atoms with Crippen LogP contribution < -0.4 is 11.5 Å². The van der Waals surface area contributed by atoms with Crippen LogP contribution in [0.25, 0.3) is 10.9 Å². The summed E-state index contributed by atoms with van der Waals surface area (Å²) in [5.74, 6) is 0.297. The number of aromatic nitrogens is 3. The number of phenolic OH excluding ortho intramolecular Hbond substituents is 1. The van der Waals surface area contributed by atoms with Gasteiger partial charge in [-0.2, -0.15) is 0 Å². The summed E-state index contributed by atoms with van der Waals surface area (Å²) < 4.78 is 0. The van der Waals surface area contributed by atoms with E-state index in [4.69, 9.17) is 11.5 Å². The summed E-state index contributed by atoms with van der Waals surface area (Å²) >= 11 is 0. The maximum atomic E-state index is 9.30. The van der Waals surface area contributed by atoms with E-state index in [9.17, 15) is 5.11 Å². The van der Waals surface area contributed by atoms with E-state index in [2.05, 4.69) is 15.0 Å². The lowest BCUT2D eigenvalue weighted by Gasteiger charge is -1.96. The Bertz CT molecular complexity index is 660. The second kappa shape index (κ2) is 7.47. The van der Waals surface area contributed by atoms with Gasteiger partial charge in [-0.05, 0) is 43.3 Å². The fourth-order valence-electron chi connectivity index (χ4n) is 2.11. The van der Waals surface area contributed by atoms with Crippen molar-refractivity contribution in [2.45, 2.75) is 12.8 Å². The molecule has 6 heteroatoms. The zero-order valence-corrected chi connectivity index (χ0v) is 11.8. The summed E-state index contributed by atoms with van der Waals surface area (Å²) in [6, 6.07) is 5.30. The van der Waals surface area contributed by atoms with Crippen LogP contribution in [-0.2, 0) is 12.8 Å². The minimum Gasteiger partial charge on any atom is -0.508 e. The third kappa shape index (κ3) is 4.08. The summed E-state index contributed by atoms with van der Waals surface area (Å²) in [6.07, 6.45) is 7.11. The summed E-state index contributed by atoms with van der Waals surface area (Å²) in [4.78, 5) is 9.91. The summed E-state index contributed by atoms with van der Waals surface area (Å²) in [5, 5.41) is 10.4. The van der Waals surface area contributed by atoms with Gasteiger partial charge in [0.15, 0.2) is 0 Å². The van der Waals surface area contributed by atoms with Gasteiger partial charge in [-0.25, -0.2) is 4.98 Å². The number of aromatic amines is 2. The molecule has 3 aromatic rings. The van der Waals surface area contributed by atoms with Crippen LogP contribution in [-0.4, -0.2) is 33.1 Å². The van der Waals surface area contributed by atoms with Crippen LogP contribution >= 0.6 is 0 Å². The molecular formula is C15H21N5O. The van der Waals surface area contributed by atoms with Gasteiger partial charge in [-0.15, -0.1) is 0 Å². The molecule has 0 amide bonds. The van der Waals surface area contributed by atoms with Gasteiger partial charge in [-0.3, -0.25) is 0 Å². The van der Waals surface area contributed by atoms with Crippen molar-refractivity contribution in [3.63, 3.8) is 0 Å². The monoisotopic (exact) mass is 287 g/mol. The van der Waals surface area contributed by atoms with E-state index in [0.29, 0.717) is 18.8 Å². The first-order chi connectivity index (χ1) is 10.2. The fraction of sp³-hybridized carbons (Fsp3) is 0.267. The lowest BCUT2D eigenvalue weighted by molar-refractivity contribution is 0.476. The van der Waals surface area contributed by atoms with Crippen molar-refractivity contribution in [3.05, 3.63) is 48.2 Å². The smallest absolute Gasteiger partial charge is 0.116 e. The molecule has 0 fully saturated rings. The molecule has 2 aromatic heterocycles. The van der Waals surface area contributed by atoms with Gasteiger partial charge in [0.2, 0.25) is 0 Å². The van der Waals surface area contributed by atoms with Crippen molar-refractivity contribution in [3.8, 4) is 5.75 Å². The molecule has 0 aliphatic rings. The maximum Gasteiger partial charge on any atom is 0.116 e. The molecule has 0 bridgehead atoms. The van der Waals surface area contributed by atoms with E-state index in [1.165, 1.54) is 0 Å². The van der Waals surface area contributed by atoms with E-state index in [0.717, 1.165) is 35.0 Å². The Hall–Kier alpha value is -2.31. The van der Waals surface area contributed by atoms with Crippen molar-refractivity contribution < 1.29 is 5.11 Å². The Morgan fingerprint density at radius 1 is 1.10 bits per heavy atom. The Labute approximate surface area is 123 Å². The molecule has 0 saturated carbocycles. The highest BCUT2D eigenvalue weighted by atomic mass is 16.3. The van der Waals surface area contributed by atoms with E-state index in [-0.39, 0.29) is 0 Å². The van der Waals surface area contributed by atoms with Crippen LogP contribution in [0.2, 0.25) is 0 Å². The molecule has 0 saturated heterocycles. The number of nitrogens with zero attached hydrogens (tertiary/aromatic N) is 1. The second-order valence-electron chi connectivity index (χ2n) is 4.70. The highest BCUT2D eigenvalue weighted by molar-refractivity contribution is 5.84. The Balaban J connectivity index is 0.000000173. The molecule has 0 aliphatic heterocycles. The summed E-state index contributed by atoms with van der Waals surface area (Å²) in [5.41, 5.74) is 14.1. The van der Waals surface area contributed by atoms with Crippen molar-refractivity contribution in [2.75, 3.05) is 13.1 Å². The quantitative estimate of drug-likeness (QED) is 0.497. The van der Waals surface area contributed by atoms with Gasteiger partial charge >= 0.3 is 0 Å². The normalized spacial score (nSPS) is 10.4. The predicted octanol–water partition coefficient (Wildman–Crippen LogP) is 1.29. The SMILES string of the molecule is NCCc1c[nH]c2ccc(O)cc12.NCCc1cnc[nH]1. The number of aromatic hydroxyl groups is 1. The number of hydrogen-bond donors (Lipinski definition) is 5.